The maximum absolute atomic E-state index is 13.8. The Bertz CT molecular complexity index is 1180. The number of ether oxygens (including phenoxy) is 1. The Balaban J connectivity index is 1.63. The molecule has 160 valence electrons. The number of aryl methyl sites for hydroxylation is 1. The highest BCUT2D eigenvalue weighted by Crippen LogP contribution is 2.34. The van der Waals surface area contributed by atoms with E-state index >= 15 is 0 Å². The molecule has 3 aromatic rings. The lowest BCUT2D eigenvalue weighted by molar-refractivity contribution is -0.0122. The normalized spacial score (nSPS) is 16.0. The molecule has 30 heavy (non-hydrogen) atoms. The SMILES string of the molecule is CCn1c(=O)n(-c2noc(C3(C)CN(C(=O)OC(C)(C)C)C3)n2)c2cc(F)ccc21. The van der Waals surface area contributed by atoms with Crippen LogP contribution in [-0.2, 0) is 16.7 Å². The van der Waals surface area contributed by atoms with E-state index < -0.39 is 22.9 Å². The highest BCUT2D eigenvalue weighted by atomic mass is 19.1. The molecule has 1 fully saturated rings. The number of rotatable bonds is 3. The Hall–Kier alpha value is -3.17. The minimum absolute atomic E-state index is 0.0368. The Kier molecular flexibility index (Phi) is 4.48. The van der Waals surface area contributed by atoms with Crippen molar-refractivity contribution in [3.8, 4) is 5.95 Å². The highest BCUT2D eigenvalue weighted by molar-refractivity contribution is 5.77. The number of carbonyl (C=O) groups is 1. The van der Waals surface area contributed by atoms with Crippen molar-refractivity contribution in [3.63, 3.8) is 0 Å². The molecular formula is C20H24FN5O4. The quantitative estimate of drug-likeness (QED) is 0.650. The van der Waals surface area contributed by atoms with Crippen LogP contribution in [-0.4, -0.2) is 49.0 Å². The first-order valence-electron chi connectivity index (χ1n) is 9.76. The zero-order valence-corrected chi connectivity index (χ0v) is 17.6. The van der Waals surface area contributed by atoms with Gasteiger partial charge >= 0.3 is 11.8 Å². The van der Waals surface area contributed by atoms with Gasteiger partial charge in [0.2, 0.25) is 5.89 Å². The van der Waals surface area contributed by atoms with Crippen LogP contribution in [0.4, 0.5) is 9.18 Å². The van der Waals surface area contributed by atoms with Gasteiger partial charge in [-0.15, -0.1) is 0 Å². The molecule has 1 saturated heterocycles. The van der Waals surface area contributed by atoms with Crippen molar-refractivity contribution >= 4 is 17.1 Å². The third-order valence-electron chi connectivity index (χ3n) is 5.07. The van der Waals surface area contributed by atoms with Crippen LogP contribution in [0, 0.1) is 5.82 Å². The second-order valence-corrected chi connectivity index (χ2v) is 8.79. The van der Waals surface area contributed by atoms with Gasteiger partial charge in [-0.25, -0.2) is 18.5 Å². The Labute approximate surface area is 172 Å². The number of aromatic nitrogens is 4. The molecule has 1 amide bonds. The lowest BCUT2D eigenvalue weighted by Gasteiger charge is -2.45. The van der Waals surface area contributed by atoms with E-state index in [0.717, 1.165) is 0 Å². The zero-order valence-electron chi connectivity index (χ0n) is 17.6. The van der Waals surface area contributed by atoms with Crippen molar-refractivity contribution in [2.75, 3.05) is 13.1 Å². The zero-order chi connectivity index (χ0) is 21.8. The van der Waals surface area contributed by atoms with Crippen LogP contribution in [0.1, 0.15) is 40.5 Å². The molecule has 9 nitrogen and oxygen atoms in total. The average Bonchev–Trinajstić information content (AvgIpc) is 3.19. The van der Waals surface area contributed by atoms with Crippen molar-refractivity contribution in [3.05, 3.63) is 40.4 Å². The summed E-state index contributed by atoms with van der Waals surface area (Å²) in [5.74, 6) is -0.125. The molecule has 0 N–H and O–H groups in total. The predicted molar refractivity (Wildman–Crippen MR) is 106 cm³/mol. The largest absolute Gasteiger partial charge is 0.444 e. The molecule has 3 heterocycles. The average molecular weight is 417 g/mol. The molecule has 0 aliphatic carbocycles. The van der Waals surface area contributed by atoms with Crippen LogP contribution >= 0.6 is 0 Å². The molecular weight excluding hydrogens is 393 g/mol. The van der Waals surface area contributed by atoms with Gasteiger partial charge in [-0.05, 0) is 51.9 Å². The molecule has 10 heteroatoms. The fourth-order valence-corrected chi connectivity index (χ4v) is 3.67. The van der Waals surface area contributed by atoms with Gasteiger partial charge in [0.05, 0.1) is 16.4 Å². The van der Waals surface area contributed by atoms with Gasteiger partial charge in [-0.3, -0.25) is 4.57 Å². The number of halogens is 1. The summed E-state index contributed by atoms with van der Waals surface area (Å²) in [5, 5.41) is 3.96. The number of likely N-dealkylation sites (tertiary alicyclic amines) is 1. The molecule has 1 aliphatic rings. The molecule has 0 saturated carbocycles. The molecule has 0 atom stereocenters. The number of fused-ring (bicyclic) bond motifs is 1. The van der Waals surface area contributed by atoms with Gasteiger partial charge in [0.15, 0.2) is 0 Å². The van der Waals surface area contributed by atoms with Crippen LogP contribution in [0.15, 0.2) is 27.5 Å². The van der Waals surface area contributed by atoms with Crippen LogP contribution in [0.2, 0.25) is 0 Å². The molecule has 2 aromatic heterocycles. The summed E-state index contributed by atoms with van der Waals surface area (Å²) in [6, 6.07) is 4.13. The predicted octanol–water partition coefficient (Wildman–Crippen LogP) is 2.84. The lowest BCUT2D eigenvalue weighted by Crippen LogP contribution is -2.60. The van der Waals surface area contributed by atoms with E-state index in [4.69, 9.17) is 9.26 Å². The van der Waals surface area contributed by atoms with E-state index in [9.17, 15) is 14.0 Å². The molecule has 0 unspecified atom stereocenters. The molecule has 0 spiro atoms. The van der Waals surface area contributed by atoms with Gasteiger partial charge in [0.1, 0.15) is 11.4 Å². The first-order chi connectivity index (χ1) is 14.0. The van der Waals surface area contributed by atoms with Crippen molar-refractivity contribution in [1.82, 2.24) is 24.2 Å². The molecule has 1 aromatic carbocycles. The number of benzene rings is 1. The summed E-state index contributed by atoms with van der Waals surface area (Å²) in [5.41, 5.74) is -0.561. The minimum Gasteiger partial charge on any atom is -0.444 e. The van der Waals surface area contributed by atoms with Crippen molar-refractivity contribution in [2.45, 2.75) is 52.2 Å². The van der Waals surface area contributed by atoms with Gasteiger partial charge < -0.3 is 14.2 Å². The van der Waals surface area contributed by atoms with Crippen LogP contribution in [0.3, 0.4) is 0 Å². The number of imidazole rings is 1. The van der Waals surface area contributed by atoms with Crippen LogP contribution in [0.25, 0.3) is 17.0 Å². The highest BCUT2D eigenvalue weighted by Gasteiger charge is 2.48. The van der Waals surface area contributed by atoms with Crippen molar-refractivity contribution in [1.29, 1.82) is 0 Å². The Morgan fingerprint density at radius 3 is 2.63 bits per heavy atom. The fraction of sp³-hybridized carbons (Fsp3) is 0.500. The molecule has 4 rings (SSSR count). The van der Waals surface area contributed by atoms with E-state index in [0.29, 0.717) is 36.6 Å². The standard InChI is InChI=1S/C20H24FN5O4/c1-6-25-13-8-7-12(21)9-14(13)26(17(25)27)16-22-15(30-23-16)20(5)10-24(11-20)18(28)29-19(2,3)4/h7-9H,6,10-11H2,1-5H3. The lowest BCUT2D eigenvalue weighted by atomic mass is 9.82. The second-order valence-electron chi connectivity index (χ2n) is 8.79. The van der Waals surface area contributed by atoms with E-state index in [1.54, 1.807) is 11.0 Å². The summed E-state index contributed by atoms with van der Waals surface area (Å²) in [7, 11) is 0. The van der Waals surface area contributed by atoms with Crippen molar-refractivity contribution < 1.29 is 18.4 Å². The summed E-state index contributed by atoms with van der Waals surface area (Å²) in [6.07, 6.45) is -0.405. The third kappa shape index (κ3) is 3.25. The monoisotopic (exact) mass is 417 g/mol. The first-order valence-corrected chi connectivity index (χ1v) is 9.76. The van der Waals surface area contributed by atoms with E-state index in [1.807, 2.05) is 34.6 Å². The van der Waals surface area contributed by atoms with Gasteiger partial charge in [0.25, 0.3) is 5.95 Å². The fourth-order valence-electron chi connectivity index (χ4n) is 3.67. The Morgan fingerprint density at radius 2 is 2.00 bits per heavy atom. The minimum atomic E-state index is -0.579. The smallest absolute Gasteiger partial charge is 0.410 e. The number of hydrogen-bond donors (Lipinski definition) is 0. The maximum atomic E-state index is 13.8. The number of amides is 1. The van der Waals surface area contributed by atoms with E-state index in [1.165, 1.54) is 21.3 Å². The van der Waals surface area contributed by atoms with Crippen LogP contribution in [0.5, 0.6) is 0 Å². The maximum Gasteiger partial charge on any atom is 0.410 e. The Morgan fingerprint density at radius 1 is 1.30 bits per heavy atom. The summed E-state index contributed by atoms with van der Waals surface area (Å²) in [6.45, 7) is 10.3. The topological polar surface area (TPSA) is 95.4 Å². The number of carbonyl (C=O) groups excluding carboxylic acids is 1. The number of nitrogens with zero attached hydrogens (tertiary/aromatic N) is 5. The van der Waals surface area contributed by atoms with Crippen LogP contribution < -0.4 is 5.69 Å². The first kappa shape index (κ1) is 20.1. The van der Waals surface area contributed by atoms with Gasteiger partial charge in [0, 0.05) is 25.7 Å². The van der Waals surface area contributed by atoms with E-state index in [-0.39, 0.29) is 11.6 Å². The number of hydrogen-bond acceptors (Lipinski definition) is 6. The van der Waals surface area contributed by atoms with E-state index in [2.05, 4.69) is 10.1 Å². The molecule has 1 aliphatic heterocycles. The summed E-state index contributed by atoms with van der Waals surface area (Å²) >= 11 is 0. The summed E-state index contributed by atoms with van der Waals surface area (Å²) < 4.78 is 27.4. The van der Waals surface area contributed by atoms with Crippen molar-refractivity contribution in [2.24, 2.45) is 0 Å². The van der Waals surface area contributed by atoms with Gasteiger partial charge in [-0.1, -0.05) is 0 Å². The van der Waals surface area contributed by atoms with Gasteiger partial charge in [-0.2, -0.15) is 4.98 Å². The molecule has 0 radical (unpaired) electrons. The summed E-state index contributed by atoms with van der Waals surface area (Å²) in [4.78, 5) is 31.0. The molecule has 0 bridgehead atoms. The second kappa shape index (κ2) is 6.68. The third-order valence-corrected chi connectivity index (χ3v) is 5.07.